The van der Waals surface area contributed by atoms with Gasteiger partial charge in [-0.15, -0.1) is 0 Å². The summed E-state index contributed by atoms with van der Waals surface area (Å²) in [7, 11) is 1.35. The highest BCUT2D eigenvalue weighted by molar-refractivity contribution is 6.32. The smallest absolute Gasteiger partial charge is 0.305 e. The Kier molecular flexibility index (Phi) is 8.23. The molecule has 170 valence electrons. The topological polar surface area (TPSA) is 112 Å². The van der Waals surface area contributed by atoms with Gasteiger partial charge < -0.3 is 14.8 Å². The van der Waals surface area contributed by atoms with Crippen molar-refractivity contribution in [2.24, 2.45) is 0 Å². The number of anilines is 1. The van der Waals surface area contributed by atoms with Crippen LogP contribution in [0.15, 0.2) is 60.7 Å². The Morgan fingerprint density at radius 3 is 2.21 bits per heavy atom. The van der Waals surface area contributed by atoms with E-state index in [2.05, 4.69) is 10.1 Å². The van der Waals surface area contributed by atoms with Gasteiger partial charge in [0.25, 0.3) is 0 Å². The van der Waals surface area contributed by atoms with E-state index < -0.39 is 0 Å². The van der Waals surface area contributed by atoms with Gasteiger partial charge in [0.15, 0.2) is 0 Å². The Labute approximate surface area is 202 Å². The maximum atomic E-state index is 12.5. The van der Waals surface area contributed by atoms with Crippen LogP contribution in [0.25, 0.3) is 0 Å². The van der Waals surface area contributed by atoms with Gasteiger partial charge in [-0.1, -0.05) is 29.8 Å². The zero-order valence-electron chi connectivity index (χ0n) is 18.3. The van der Waals surface area contributed by atoms with E-state index in [0.29, 0.717) is 40.6 Å². The Bertz CT molecular complexity index is 1260. The van der Waals surface area contributed by atoms with Gasteiger partial charge in [0.05, 0.1) is 41.8 Å². The van der Waals surface area contributed by atoms with Gasteiger partial charge >= 0.3 is 5.97 Å². The predicted octanol–water partition coefficient (Wildman–Crippen LogP) is 5.16. The number of ether oxygens (including phenoxy) is 2. The Morgan fingerprint density at radius 1 is 0.941 bits per heavy atom. The van der Waals surface area contributed by atoms with Crippen LogP contribution in [0.2, 0.25) is 5.02 Å². The summed E-state index contributed by atoms with van der Waals surface area (Å²) in [6.45, 7) is 0. The van der Waals surface area contributed by atoms with E-state index >= 15 is 0 Å². The lowest BCUT2D eigenvalue weighted by Gasteiger charge is -2.11. The molecule has 3 rings (SSSR count). The number of aryl methyl sites for hydroxylation is 1. The molecule has 0 aromatic heterocycles. The van der Waals surface area contributed by atoms with E-state index in [1.165, 1.54) is 25.3 Å². The molecule has 1 N–H and O–H groups in total. The molecule has 0 saturated carbocycles. The summed E-state index contributed by atoms with van der Waals surface area (Å²) in [5, 5.41) is 21.4. The number of carbonyl (C=O) groups excluding carboxylic acids is 2. The number of rotatable bonds is 8. The molecule has 7 nitrogen and oxygen atoms in total. The second kappa shape index (κ2) is 11.5. The van der Waals surface area contributed by atoms with Crippen LogP contribution in [0, 0.1) is 22.7 Å². The lowest BCUT2D eigenvalue weighted by Crippen LogP contribution is -2.14. The first-order valence-electron chi connectivity index (χ1n) is 10.3. The van der Waals surface area contributed by atoms with Crippen LogP contribution in [-0.4, -0.2) is 19.0 Å². The number of benzene rings is 3. The third kappa shape index (κ3) is 6.83. The summed E-state index contributed by atoms with van der Waals surface area (Å²) < 4.78 is 10.4. The molecule has 0 unspecified atom stereocenters. The average Bonchev–Trinajstić information content (AvgIpc) is 2.85. The standard InChI is InChI=1S/C26H20ClN3O4/c1-33-26(32)9-5-17-2-6-21(7-3-17)30-25(31)14-18-4-8-23(27)24(13-18)34-22-11-19(15-28)10-20(12-22)16-29/h2-4,6-8,10-13H,5,9,14H2,1H3,(H,30,31). The molecule has 8 heteroatoms. The molecule has 34 heavy (non-hydrogen) atoms. The van der Waals surface area contributed by atoms with Crippen LogP contribution in [-0.2, 0) is 27.2 Å². The second-order valence-corrected chi connectivity index (χ2v) is 7.74. The molecule has 0 aliphatic rings. The number of nitrogens with one attached hydrogen (secondary N) is 1. The molecule has 0 fully saturated rings. The summed E-state index contributed by atoms with van der Waals surface area (Å²) >= 11 is 6.24. The number of amides is 1. The van der Waals surface area contributed by atoms with Crippen LogP contribution in [0.3, 0.4) is 0 Å². The van der Waals surface area contributed by atoms with Gasteiger partial charge in [0.2, 0.25) is 5.91 Å². The maximum Gasteiger partial charge on any atom is 0.305 e. The van der Waals surface area contributed by atoms with Gasteiger partial charge in [0.1, 0.15) is 11.5 Å². The van der Waals surface area contributed by atoms with Crippen molar-refractivity contribution >= 4 is 29.2 Å². The van der Waals surface area contributed by atoms with E-state index in [-0.39, 0.29) is 29.4 Å². The van der Waals surface area contributed by atoms with Gasteiger partial charge in [-0.2, -0.15) is 10.5 Å². The van der Waals surface area contributed by atoms with Crippen molar-refractivity contribution in [2.45, 2.75) is 19.3 Å². The van der Waals surface area contributed by atoms with Crippen molar-refractivity contribution in [3.05, 3.63) is 87.9 Å². The van der Waals surface area contributed by atoms with Crippen molar-refractivity contribution in [1.82, 2.24) is 0 Å². The van der Waals surface area contributed by atoms with E-state index in [9.17, 15) is 9.59 Å². The SMILES string of the molecule is COC(=O)CCc1ccc(NC(=O)Cc2ccc(Cl)c(Oc3cc(C#N)cc(C#N)c3)c2)cc1. The minimum Gasteiger partial charge on any atom is -0.469 e. The Morgan fingerprint density at radius 2 is 1.59 bits per heavy atom. The molecule has 0 bridgehead atoms. The van der Waals surface area contributed by atoms with Crippen LogP contribution < -0.4 is 10.1 Å². The molecule has 1 amide bonds. The molecule has 0 atom stereocenters. The zero-order valence-corrected chi connectivity index (χ0v) is 19.1. The Hall–Kier alpha value is -4.33. The molecular formula is C26H20ClN3O4. The van der Waals surface area contributed by atoms with Crippen molar-refractivity contribution < 1.29 is 19.1 Å². The molecule has 3 aromatic carbocycles. The number of hydrogen-bond donors (Lipinski definition) is 1. The van der Waals surface area contributed by atoms with Gasteiger partial charge in [0, 0.05) is 12.1 Å². The zero-order chi connectivity index (χ0) is 24.5. The number of carbonyl (C=O) groups is 2. The molecular weight excluding hydrogens is 454 g/mol. The van der Waals surface area contributed by atoms with Gasteiger partial charge in [-0.3, -0.25) is 9.59 Å². The lowest BCUT2D eigenvalue weighted by atomic mass is 10.1. The van der Waals surface area contributed by atoms with Crippen LogP contribution >= 0.6 is 11.6 Å². The maximum absolute atomic E-state index is 12.5. The number of hydrogen-bond acceptors (Lipinski definition) is 6. The van der Waals surface area contributed by atoms with Crippen LogP contribution in [0.5, 0.6) is 11.5 Å². The highest BCUT2D eigenvalue weighted by Gasteiger charge is 2.11. The largest absolute Gasteiger partial charge is 0.469 e. The molecule has 3 aromatic rings. The number of halogens is 1. The number of nitriles is 2. The summed E-state index contributed by atoms with van der Waals surface area (Å²) in [5.41, 5.74) is 2.84. The van der Waals surface area contributed by atoms with E-state index in [1.807, 2.05) is 24.3 Å². The lowest BCUT2D eigenvalue weighted by molar-refractivity contribution is -0.140. The monoisotopic (exact) mass is 473 g/mol. The number of esters is 1. The third-order valence-electron chi connectivity index (χ3n) is 4.84. The summed E-state index contributed by atoms with van der Waals surface area (Å²) in [5.74, 6) is 0.105. The first-order chi connectivity index (χ1) is 16.4. The second-order valence-electron chi connectivity index (χ2n) is 7.33. The Balaban J connectivity index is 1.65. The minimum absolute atomic E-state index is 0.0826. The average molecular weight is 474 g/mol. The fourth-order valence-electron chi connectivity index (χ4n) is 3.14. The number of methoxy groups -OCH3 is 1. The summed E-state index contributed by atoms with van der Waals surface area (Å²) in [6, 6.07) is 20.7. The van der Waals surface area contributed by atoms with Crippen molar-refractivity contribution in [2.75, 3.05) is 12.4 Å². The molecule has 0 radical (unpaired) electrons. The van der Waals surface area contributed by atoms with Crippen molar-refractivity contribution in [3.63, 3.8) is 0 Å². The molecule has 0 saturated heterocycles. The van der Waals surface area contributed by atoms with Crippen LogP contribution in [0.1, 0.15) is 28.7 Å². The normalized spacial score (nSPS) is 10.0. The predicted molar refractivity (Wildman–Crippen MR) is 127 cm³/mol. The van der Waals surface area contributed by atoms with E-state index in [1.54, 1.807) is 30.3 Å². The van der Waals surface area contributed by atoms with Crippen molar-refractivity contribution in [1.29, 1.82) is 10.5 Å². The first kappa shape index (κ1) is 24.3. The molecule has 0 aliphatic heterocycles. The van der Waals surface area contributed by atoms with Gasteiger partial charge in [-0.05, 0) is 60.0 Å². The quantitative estimate of drug-likeness (QED) is 0.452. The fourth-order valence-corrected chi connectivity index (χ4v) is 3.30. The minimum atomic E-state index is -0.271. The summed E-state index contributed by atoms with van der Waals surface area (Å²) in [6.07, 6.45) is 0.933. The van der Waals surface area contributed by atoms with Crippen LogP contribution in [0.4, 0.5) is 5.69 Å². The van der Waals surface area contributed by atoms with Gasteiger partial charge in [-0.25, -0.2) is 0 Å². The molecule has 0 heterocycles. The van der Waals surface area contributed by atoms with E-state index in [0.717, 1.165) is 5.56 Å². The number of nitrogens with zero attached hydrogens (tertiary/aromatic N) is 2. The highest BCUT2D eigenvalue weighted by Crippen LogP contribution is 2.31. The fraction of sp³-hybridized carbons (Fsp3) is 0.154. The first-order valence-corrected chi connectivity index (χ1v) is 10.6. The van der Waals surface area contributed by atoms with Crippen molar-refractivity contribution in [3.8, 4) is 23.6 Å². The molecule has 0 spiro atoms. The van der Waals surface area contributed by atoms with E-state index in [4.69, 9.17) is 26.9 Å². The molecule has 0 aliphatic carbocycles. The highest BCUT2D eigenvalue weighted by atomic mass is 35.5. The third-order valence-corrected chi connectivity index (χ3v) is 5.15. The summed E-state index contributed by atoms with van der Waals surface area (Å²) in [4.78, 5) is 23.8.